The molecule has 5 nitrogen and oxygen atoms in total. The molecule has 0 spiro atoms. The standard InChI is InChI=1S/C19H17ClN4OS/c1-3-24-18(15-8-9-25-12(15)2)22-23-19(24)26-11-14-10-13-6-4-5-7-16(13)21-17(14)20/h4-10H,3,11H2,1-2H3. The number of fused-ring (bicyclic) bond motifs is 1. The molecular formula is C19H17ClN4OS. The van der Waals surface area contributed by atoms with Crippen molar-refractivity contribution in [3.8, 4) is 11.4 Å². The second-order valence-electron chi connectivity index (χ2n) is 5.86. The average Bonchev–Trinajstić information content (AvgIpc) is 3.25. The molecule has 26 heavy (non-hydrogen) atoms. The third-order valence-corrected chi connectivity index (χ3v) is 5.58. The minimum atomic E-state index is 0.532. The van der Waals surface area contributed by atoms with E-state index in [4.69, 9.17) is 16.0 Å². The van der Waals surface area contributed by atoms with Crippen molar-refractivity contribution in [2.45, 2.75) is 31.3 Å². The van der Waals surface area contributed by atoms with Crippen molar-refractivity contribution in [1.29, 1.82) is 0 Å². The monoisotopic (exact) mass is 384 g/mol. The molecule has 0 saturated carbocycles. The summed E-state index contributed by atoms with van der Waals surface area (Å²) in [5, 5.41) is 11.2. The zero-order chi connectivity index (χ0) is 18.1. The Morgan fingerprint density at radius 2 is 2.04 bits per heavy atom. The molecule has 0 bridgehead atoms. The highest BCUT2D eigenvalue weighted by Gasteiger charge is 2.17. The van der Waals surface area contributed by atoms with Crippen molar-refractivity contribution in [2.24, 2.45) is 0 Å². The Labute approximate surface area is 160 Å². The quantitative estimate of drug-likeness (QED) is 0.342. The highest BCUT2D eigenvalue weighted by molar-refractivity contribution is 7.98. The zero-order valence-electron chi connectivity index (χ0n) is 14.4. The molecule has 0 aliphatic rings. The van der Waals surface area contributed by atoms with Crippen LogP contribution in [0.5, 0.6) is 0 Å². The lowest BCUT2D eigenvalue weighted by molar-refractivity contribution is 0.534. The number of rotatable bonds is 5. The molecule has 0 amide bonds. The van der Waals surface area contributed by atoms with Crippen LogP contribution in [0.1, 0.15) is 18.2 Å². The number of hydrogen-bond acceptors (Lipinski definition) is 5. The number of nitrogens with zero attached hydrogens (tertiary/aromatic N) is 4. The summed E-state index contributed by atoms with van der Waals surface area (Å²) >= 11 is 7.98. The van der Waals surface area contributed by atoms with Gasteiger partial charge in [0, 0.05) is 23.2 Å². The fourth-order valence-electron chi connectivity index (χ4n) is 2.88. The van der Waals surface area contributed by atoms with Crippen molar-refractivity contribution >= 4 is 34.3 Å². The van der Waals surface area contributed by atoms with E-state index in [1.807, 2.05) is 37.3 Å². The fraction of sp³-hybridized carbons (Fsp3) is 0.211. The van der Waals surface area contributed by atoms with Crippen LogP contribution in [0.4, 0.5) is 0 Å². The van der Waals surface area contributed by atoms with Crippen molar-refractivity contribution in [2.75, 3.05) is 0 Å². The topological polar surface area (TPSA) is 56.7 Å². The van der Waals surface area contributed by atoms with Gasteiger partial charge in [-0.15, -0.1) is 10.2 Å². The fourth-order valence-corrected chi connectivity index (χ4v) is 4.14. The van der Waals surface area contributed by atoms with E-state index >= 15 is 0 Å². The van der Waals surface area contributed by atoms with E-state index in [9.17, 15) is 0 Å². The van der Waals surface area contributed by atoms with E-state index in [1.165, 1.54) is 0 Å². The van der Waals surface area contributed by atoms with E-state index in [2.05, 4.69) is 32.7 Å². The van der Waals surface area contributed by atoms with Gasteiger partial charge in [-0.3, -0.25) is 0 Å². The molecule has 0 saturated heterocycles. The van der Waals surface area contributed by atoms with Gasteiger partial charge in [0.1, 0.15) is 10.9 Å². The molecular weight excluding hydrogens is 368 g/mol. The molecule has 0 aliphatic heterocycles. The van der Waals surface area contributed by atoms with E-state index in [-0.39, 0.29) is 0 Å². The third kappa shape index (κ3) is 3.10. The summed E-state index contributed by atoms with van der Waals surface area (Å²) in [6, 6.07) is 12.0. The number of halogens is 1. The van der Waals surface area contributed by atoms with Crippen molar-refractivity contribution in [1.82, 2.24) is 19.7 Å². The van der Waals surface area contributed by atoms with Crippen molar-refractivity contribution in [3.05, 3.63) is 59.1 Å². The van der Waals surface area contributed by atoms with Crippen LogP contribution >= 0.6 is 23.4 Å². The maximum Gasteiger partial charge on any atom is 0.191 e. The first kappa shape index (κ1) is 17.1. The molecule has 0 unspecified atom stereocenters. The molecule has 0 radical (unpaired) electrons. The molecule has 0 N–H and O–H groups in total. The Hall–Kier alpha value is -2.31. The van der Waals surface area contributed by atoms with Gasteiger partial charge in [-0.25, -0.2) is 4.98 Å². The zero-order valence-corrected chi connectivity index (χ0v) is 16.0. The van der Waals surface area contributed by atoms with Crippen LogP contribution < -0.4 is 0 Å². The maximum atomic E-state index is 6.37. The molecule has 3 heterocycles. The molecule has 0 atom stereocenters. The van der Waals surface area contributed by atoms with Gasteiger partial charge < -0.3 is 8.98 Å². The Bertz CT molecular complexity index is 1070. The summed E-state index contributed by atoms with van der Waals surface area (Å²) in [7, 11) is 0. The summed E-state index contributed by atoms with van der Waals surface area (Å²) in [5.74, 6) is 2.34. The van der Waals surface area contributed by atoms with Gasteiger partial charge in [-0.05, 0) is 32.0 Å². The summed E-state index contributed by atoms with van der Waals surface area (Å²) < 4.78 is 7.49. The first-order chi connectivity index (χ1) is 12.7. The Balaban J connectivity index is 1.62. The predicted molar refractivity (Wildman–Crippen MR) is 104 cm³/mol. The Morgan fingerprint density at radius 1 is 1.19 bits per heavy atom. The molecule has 4 aromatic rings. The van der Waals surface area contributed by atoms with Gasteiger partial charge in [0.25, 0.3) is 0 Å². The van der Waals surface area contributed by atoms with Gasteiger partial charge >= 0.3 is 0 Å². The summed E-state index contributed by atoms with van der Waals surface area (Å²) in [6.45, 7) is 4.78. The van der Waals surface area contributed by atoms with Crippen LogP contribution in [0.25, 0.3) is 22.3 Å². The van der Waals surface area contributed by atoms with Crippen LogP contribution in [0, 0.1) is 6.92 Å². The predicted octanol–water partition coefficient (Wildman–Crippen LogP) is 5.36. The number of pyridine rings is 1. The van der Waals surface area contributed by atoms with Crippen molar-refractivity contribution in [3.63, 3.8) is 0 Å². The van der Waals surface area contributed by atoms with Gasteiger partial charge in [-0.2, -0.15) is 0 Å². The second-order valence-corrected chi connectivity index (χ2v) is 7.16. The lowest BCUT2D eigenvalue weighted by Crippen LogP contribution is -2.00. The van der Waals surface area contributed by atoms with Crippen molar-refractivity contribution < 1.29 is 4.42 Å². The number of aryl methyl sites for hydroxylation is 1. The SMILES string of the molecule is CCn1c(SCc2cc3ccccc3nc2Cl)nnc1-c1ccoc1C. The smallest absolute Gasteiger partial charge is 0.191 e. The van der Waals surface area contributed by atoms with Crippen LogP contribution in [0.2, 0.25) is 5.15 Å². The van der Waals surface area contributed by atoms with Crippen LogP contribution in [-0.4, -0.2) is 19.7 Å². The highest BCUT2D eigenvalue weighted by atomic mass is 35.5. The molecule has 0 fully saturated rings. The molecule has 132 valence electrons. The highest BCUT2D eigenvalue weighted by Crippen LogP contribution is 2.30. The number of para-hydroxylation sites is 1. The van der Waals surface area contributed by atoms with Gasteiger partial charge in [0.05, 0.1) is 17.3 Å². The summed E-state index contributed by atoms with van der Waals surface area (Å²) in [5.41, 5.74) is 2.86. The second kappa shape index (κ2) is 7.13. The Morgan fingerprint density at radius 3 is 2.81 bits per heavy atom. The van der Waals surface area contributed by atoms with E-state index < -0.39 is 0 Å². The molecule has 0 aliphatic carbocycles. The third-order valence-electron chi connectivity index (χ3n) is 4.24. The molecule has 7 heteroatoms. The first-order valence-corrected chi connectivity index (χ1v) is 9.68. The summed E-state index contributed by atoms with van der Waals surface area (Å²) in [4.78, 5) is 4.48. The normalized spacial score (nSPS) is 11.3. The van der Waals surface area contributed by atoms with E-state index in [1.54, 1.807) is 18.0 Å². The lowest BCUT2D eigenvalue weighted by atomic mass is 10.2. The maximum absolute atomic E-state index is 6.37. The number of furan rings is 1. The minimum absolute atomic E-state index is 0.532. The lowest BCUT2D eigenvalue weighted by Gasteiger charge is -2.08. The van der Waals surface area contributed by atoms with Gasteiger partial charge in [0.15, 0.2) is 11.0 Å². The van der Waals surface area contributed by atoms with Gasteiger partial charge in [-0.1, -0.05) is 41.6 Å². The number of hydrogen-bond donors (Lipinski definition) is 0. The van der Waals surface area contributed by atoms with Crippen LogP contribution in [0.3, 0.4) is 0 Å². The van der Waals surface area contributed by atoms with Crippen LogP contribution in [-0.2, 0) is 12.3 Å². The molecule has 3 aromatic heterocycles. The number of aromatic nitrogens is 4. The summed E-state index contributed by atoms with van der Waals surface area (Å²) in [6.07, 6.45) is 1.67. The number of thioether (sulfide) groups is 1. The largest absolute Gasteiger partial charge is 0.469 e. The Kier molecular flexibility index (Phi) is 4.70. The first-order valence-electron chi connectivity index (χ1n) is 8.32. The van der Waals surface area contributed by atoms with E-state index in [0.717, 1.165) is 45.3 Å². The molecule has 1 aromatic carbocycles. The molecule has 4 rings (SSSR count). The van der Waals surface area contributed by atoms with Gasteiger partial charge in [0.2, 0.25) is 0 Å². The average molecular weight is 385 g/mol. The minimum Gasteiger partial charge on any atom is -0.469 e. The number of benzene rings is 1. The van der Waals surface area contributed by atoms with E-state index in [0.29, 0.717) is 10.9 Å². The van der Waals surface area contributed by atoms with Crippen LogP contribution in [0.15, 0.2) is 52.2 Å².